The molecule has 2 aliphatic rings. The number of fused-ring (bicyclic) bond motifs is 1. The van der Waals surface area contributed by atoms with Gasteiger partial charge in [-0.2, -0.15) is 13.2 Å². The van der Waals surface area contributed by atoms with Gasteiger partial charge >= 0.3 is 6.18 Å². The largest absolute Gasteiger partial charge is 0.451 e. The average molecular weight is 444 g/mol. The smallest absolute Gasteiger partial charge is 0.333 e. The van der Waals surface area contributed by atoms with Crippen molar-refractivity contribution in [3.05, 3.63) is 58.4 Å². The van der Waals surface area contributed by atoms with Crippen LogP contribution in [0, 0.1) is 17.5 Å². The van der Waals surface area contributed by atoms with Crippen LogP contribution in [0.3, 0.4) is 0 Å². The molecule has 1 aliphatic heterocycles. The summed E-state index contributed by atoms with van der Waals surface area (Å²) in [5.74, 6) is -7.72. The van der Waals surface area contributed by atoms with E-state index in [0.29, 0.717) is 24.1 Å². The second-order valence-corrected chi connectivity index (χ2v) is 7.25. The highest BCUT2D eigenvalue weighted by molar-refractivity contribution is 6.03. The number of halogens is 6. The number of carbonyl (C=O) groups excluding carboxylic acids is 2. The van der Waals surface area contributed by atoms with Crippen LogP contribution < -0.4 is 0 Å². The van der Waals surface area contributed by atoms with E-state index in [2.05, 4.69) is 10.2 Å². The van der Waals surface area contributed by atoms with Gasteiger partial charge < -0.3 is 9.47 Å². The lowest BCUT2D eigenvalue weighted by molar-refractivity contribution is -0.148. The number of benzene rings is 1. The summed E-state index contributed by atoms with van der Waals surface area (Å²) >= 11 is 0. The quantitative estimate of drug-likeness (QED) is 0.308. The standard InChI is InChI=1S/C19H14F6N4O2/c20-11-6-13(22)12(21)5-10(11)17(9-1-2-9)14(30)7-16(31)28-3-4-29-15(8-28)26-27-18(29)19(23,24)25/h1,5-6,17H,2-4,7-8H2. The third-order valence-corrected chi connectivity index (χ3v) is 5.17. The van der Waals surface area contributed by atoms with Crippen LogP contribution in [0.4, 0.5) is 26.3 Å². The molecule has 2 heterocycles. The second kappa shape index (κ2) is 7.50. The molecule has 12 heteroatoms. The van der Waals surface area contributed by atoms with Gasteiger partial charge in [0.25, 0.3) is 0 Å². The molecule has 0 bridgehead atoms. The third kappa shape index (κ3) is 4.06. The molecular formula is C19H14F6N4O2. The highest BCUT2D eigenvalue weighted by Crippen LogP contribution is 2.39. The Morgan fingerprint density at radius 1 is 1.03 bits per heavy atom. The van der Waals surface area contributed by atoms with Crippen LogP contribution in [0.25, 0.3) is 0 Å². The van der Waals surface area contributed by atoms with E-state index in [0.717, 1.165) is 9.47 Å². The number of nitrogens with zero attached hydrogens (tertiary/aromatic N) is 4. The third-order valence-electron chi connectivity index (χ3n) is 5.17. The molecule has 2 aromatic rings. The Kier molecular flexibility index (Phi) is 5.10. The summed E-state index contributed by atoms with van der Waals surface area (Å²) in [6.07, 6.45) is -3.39. The van der Waals surface area contributed by atoms with Gasteiger partial charge in [-0.3, -0.25) is 9.59 Å². The lowest BCUT2D eigenvalue weighted by Gasteiger charge is -2.28. The molecule has 1 aromatic heterocycles. The maximum Gasteiger partial charge on any atom is 0.451 e. The van der Waals surface area contributed by atoms with Crippen LogP contribution in [0.2, 0.25) is 0 Å². The van der Waals surface area contributed by atoms with Crippen molar-refractivity contribution in [1.82, 2.24) is 19.7 Å². The number of allylic oxidation sites excluding steroid dienone is 2. The number of Topliss-reactive ketones (excluding diaryl/α,β-unsaturated/α-hetero) is 1. The Hall–Kier alpha value is -3.18. The van der Waals surface area contributed by atoms with Crippen molar-refractivity contribution in [3.8, 4) is 0 Å². The minimum absolute atomic E-state index is 0.0764. The number of rotatable bonds is 5. The molecular weight excluding hydrogens is 430 g/mol. The number of ketones is 1. The Balaban J connectivity index is 1.49. The highest BCUT2D eigenvalue weighted by atomic mass is 19.4. The van der Waals surface area contributed by atoms with E-state index in [4.69, 9.17) is 0 Å². The molecule has 1 amide bonds. The molecule has 0 radical (unpaired) electrons. The Morgan fingerprint density at radius 3 is 2.35 bits per heavy atom. The Bertz CT molecular complexity index is 1110. The van der Waals surface area contributed by atoms with Gasteiger partial charge in [0.15, 0.2) is 23.2 Å². The van der Waals surface area contributed by atoms with E-state index in [-0.39, 0.29) is 31.0 Å². The zero-order chi connectivity index (χ0) is 22.5. The average Bonchev–Trinajstić information content (AvgIpc) is 3.41. The van der Waals surface area contributed by atoms with Crippen LogP contribution >= 0.6 is 0 Å². The summed E-state index contributed by atoms with van der Waals surface area (Å²) in [5, 5.41) is 6.58. The Labute approximate surface area is 171 Å². The van der Waals surface area contributed by atoms with E-state index in [1.165, 1.54) is 0 Å². The van der Waals surface area contributed by atoms with E-state index >= 15 is 0 Å². The van der Waals surface area contributed by atoms with Gasteiger partial charge in [-0.05, 0) is 12.5 Å². The fourth-order valence-electron chi connectivity index (χ4n) is 3.58. The van der Waals surface area contributed by atoms with Crippen molar-refractivity contribution in [2.24, 2.45) is 0 Å². The van der Waals surface area contributed by atoms with Crippen LogP contribution in [-0.2, 0) is 28.9 Å². The molecule has 6 nitrogen and oxygen atoms in total. The number of aromatic nitrogens is 3. The van der Waals surface area contributed by atoms with Gasteiger partial charge in [0.2, 0.25) is 11.7 Å². The van der Waals surface area contributed by atoms with Crippen molar-refractivity contribution in [1.29, 1.82) is 0 Å². The molecule has 1 aromatic carbocycles. The molecule has 0 N–H and O–H groups in total. The molecule has 0 fully saturated rings. The maximum absolute atomic E-state index is 14.2. The van der Waals surface area contributed by atoms with Crippen LogP contribution in [-0.4, -0.2) is 37.9 Å². The summed E-state index contributed by atoms with van der Waals surface area (Å²) < 4.78 is 80.7. The van der Waals surface area contributed by atoms with E-state index in [1.54, 1.807) is 6.08 Å². The summed E-state index contributed by atoms with van der Waals surface area (Å²) in [6.45, 7) is -0.585. The normalized spacial score (nSPS) is 16.6. The topological polar surface area (TPSA) is 68.1 Å². The number of carbonyl (C=O) groups is 2. The van der Waals surface area contributed by atoms with Crippen molar-refractivity contribution < 1.29 is 35.9 Å². The lowest BCUT2D eigenvalue weighted by Crippen LogP contribution is -2.40. The van der Waals surface area contributed by atoms with Crippen LogP contribution in [0.5, 0.6) is 0 Å². The SMILES string of the molecule is O=C(CC(=O)N1CCn2c(nnc2C(F)(F)F)C1)C(C1=CC1)c1cc(F)c(F)cc1F. The maximum atomic E-state index is 14.2. The minimum Gasteiger partial charge on any atom is -0.333 e. The second-order valence-electron chi connectivity index (χ2n) is 7.25. The number of alkyl halides is 3. The predicted octanol–water partition coefficient (Wildman–Crippen LogP) is 3.13. The molecule has 31 heavy (non-hydrogen) atoms. The van der Waals surface area contributed by atoms with Gasteiger partial charge in [-0.25, -0.2) is 13.2 Å². The van der Waals surface area contributed by atoms with Crippen molar-refractivity contribution in [2.75, 3.05) is 6.54 Å². The highest BCUT2D eigenvalue weighted by Gasteiger charge is 2.40. The van der Waals surface area contributed by atoms with Crippen molar-refractivity contribution in [3.63, 3.8) is 0 Å². The number of amides is 1. The van der Waals surface area contributed by atoms with Crippen molar-refractivity contribution in [2.45, 2.75) is 38.0 Å². The molecule has 0 spiro atoms. The summed E-state index contributed by atoms with van der Waals surface area (Å²) in [6, 6.07) is 0.935. The fraction of sp³-hybridized carbons (Fsp3) is 0.368. The first-order chi connectivity index (χ1) is 14.6. The predicted molar refractivity (Wildman–Crippen MR) is 91.8 cm³/mol. The van der Waals surface area contributed by atoms with E-state index < -0.39 is 53.5 Å². The monoisotopic (exact) mass is 444 g/mol. The summed E-state index contributed by atoms with van der Waals surface area (Å²) in [5.41, 5.74) is 0.115. The number of hydrogen-bond acceptors (Lipinski definition) is 4. The van der Waals surface area contributed by atoms with Crippen molar-refractivity contribution >= 4 is 11.7 Å². The molecule has 0 saturated carbocycles. The zero-order valence-corrected chi connectivity index (χ0v) is 15.7. The van der Waals surface area contributed by atoms with E-state index in [1.807, 2.05) is 0 Å². The van der Waals surface area contributed by atoms with Gasteiger partial charge in [0.05, 0.1) is 18.9 Å². The summed E-state index contributed by atoms with van der Waals surface area (Å²) in [4.78, 5) is 26.5. The molecule has 4 rings (SSSR count). The van der Waals surface area contributed by atoms with Gasteiger partial charge in [-0.1, -0.05) is 11.6 Å². The first-order valence-electron chi connectivity index (χ1n) is 9.19. The zero-order valence-electron chi connectivity index (χ0n) is 15.7. The van der Waals surface area contributed by atoms with Crippen LogP contribution in [0.15, 0.2) is 23.8 Å². The molecule has 1 atom stereocenters. The lowest BCUT2D eigenvalue weighted by atomic mass is 9.89. The number of hydrogen-bond donors (Lipinski definition) is 0. The first-order valence-corrected chi connectivity index (χ1v) is 9.19. The molecule has 0 saturated heterocycles. The molecule has 1 unspecified atom stereocenters. The van der Waals surface area contributed by atoms with Gasteiger partial charge in [-0.15, -0.1) is 10.2 Å². The fourth-order valence-corrected chi connectivity index (χ4v) is 3.58. The van der Waals surface area contributed by atoms with Crippen LogP contribution in [0.1, 0.15) is 36.0 Å². The Morgan fingerprint density at radius 2 is 1.71 bits per heavy atom. The van der Waals surface area contributed by atoms with Gasteiger partial charge in [0, 0.05) is 24.7 Å². The van der Waals surface area contributed by atoms with Gasteiger partial charge in [0.1, 0.15) is 5.82 Å². The summed E-state index contributed by atoms with van der Waals surface area (Å²) in [7, 11) is 0. The molecule has 1 aliphatic carbocycles. The minimum atomic E-state index is -4.69. The van der Waals surface area contributed by atoms with E-state index in [9.17, 15) is 35.9 Å². The molecule has 164 valence electrons. The first kappa shape index (κ1) is 21.1.